The monoisotopic (exact) mass is 438 g/mol. The number of hydrogen-bond donors (Lipinski definition) is 2. The Bertz CT molecular complexity index is 1090. The summed E-state index contributed by atoms with van der Waals surface area (Å²) in [6.07, 6.45) is 7.23. The lowest BCUT2D eigenvalue weighted by molar-refractivity contribution is -0.0167. The molecule has 1 amide bonds. The molecule has 4 saturated carbocycles. The number of amides is 1. The number of aryl methyl sites for hydroxylation is 1. The highest BCUT2D eigenvalue weighted by atomic mass is 32.2. The van der Waals surface area contributed by atoms with Gasteiger partial charge in [-0.3, -0.25) is 9.52 Å². The number of sulfonamides is 1. The van der Waals surface area contributed by atoms with Crippen molar-refractivity contribution in [2.75, 3.05) is 4.72 Å². The number of nitrogens with one attached hydrogen (secondary N) is 2. The van der Waals surface area contributed by atoms with Crippen LogP contribution in [-0.4, -0.2) is 19.9 Å². The van der Waals surface area contributed by atoms with Gasteiger partial charge in [0.15, 0.2) is 0 Å². The van der Waals surface area contributed by atoms with Crippen molar-refractivity contribution < 1.29 is 13.2 Å². The Morgan fingerprint density at radius 2 is 1.48 bits per heavy atom. The van der Waals surface area contributed by atoms with Crippen molar-refractivity contribution in [3.05, 3.63) is 59.2 Å². The molecule has 31 heavy (non-hydrogen) atoms. The van der Waals surface area contributed by atoms with Gasteiger partial charge in [0.1, 0.15) is 0 Å². The van der Waals surface area contributed by atoms with Crippen LogP contribution in [0.4, 0.5) is 5.69 Å². The number of hydrogen-bond acceptors (Lipinski definition) is 3. The van der Waals surface area contributed by atoms with Crippen LogP contribution in [0.3, 0.4) is 0 Å². The van der Waals surface area contributed by atoms with Crippen LogP contribution in [0.15, 0.2) is 47.4 Å². The predicted molar refractivity (Wildman–Crippen MR) is 122 cm³/mol. The first-order valence-corrected chi connectivity index (χ1v) is 12.7. The van der Waals surface area contributed by atoms with Crippen molar-refractivity contribution in [1.29, 1.82) is 0 Å². The van der Waals surface area contributed by atoms with Crippen LogP contribution in [0.1, 0.15) is 60.0 Å². The molecule has 6 rings (SSSR count). The van der Waals surface area contributed by atoms with Crippen LogP contribution in [0.25, 0.3) is 0 Å². The van der Waals surface area contributed by atoms with E-state index in [-0.39, 0.29) is 16.3 Å². The number of rotatable bonds is 5. The molecule has 2 N–H and O–H groups in total. The van der Waals surface area contributed by atoms with Gasteiger partial charge in [-0.25, -0.2) is 8.42 Å². The molecule has 2 aromatic carbocycles. The lowest BCUT2D eigenvalue weighted by Gasteiger charge is -2.56. The quantitative estimate of drug-likeness (QED) is 0.704. The lowest BCUT2D eigenvalue weighted by Crippen LogP contribution is -2.59. The van der Waals surface area contributed by atoms with E-state index in [1.165, 1.54) is 19.3 Å². The van der Waals surface area contributed by atoms with E-state index in [1.54, 1.807) is 42.5 Å². The standard InChI is InChI=1S/C25H30N2O3S/c1-16-6-8-21(9-7-16)31(29,30)27-23-5-3-4-22(17(23)2)24(28)26-25-13-18-10-19(14-25)12-20(11-18)15-25/h3-9,18-20,27H,10-15H2,1-2H3,(H,26,28). The van der Waals surface area contributed by atoms with Crippen LogP contribution in [0.2, 0.25) is 0 Å². The Hall–Kier alpha value is -2.34. The van der Waals surface area contributed by atoms with Crippen molar-refractivity contribution in [2.45, 2.75) is 62.8 Å². The molecule has 164 valence electrons. The van der Waals surface area contributed by atoms with Crippen molar-refractivity contribution >= 4 is 21.6 Å². The second-order valence-electron chi connectivity index (χ2n) is 10.0. The highest BCUT2D eigenvalue weighted by Crippen LogP contribution is 2.55. The molecule has 0 saturated heterocycles. The molecule has 0 unspecified atom stereocenters. The molecular weight excluding hydrogens is 408 g/mol. The molecule has 5 nitrogen and oxygen atoms in total. The topological polar surface area (TPSA) is 75.3 Å². The third kappa shape index (κ3) is 3.86. The summed E-state index contributed by atoms with van der Waals surface area (Å²) in [5.41, 5.74) is 2.56. The number of anilines is 1. The second-order valence-corrected chi connectivity index (χ2v) is 11.7. The normalized spacial score (nSPS) is 29.0. The van der Waals surface area contributed by atoms with Crippen LogP contribution in [-0.2, 0) is 10.0 Å². The fraction of sp³-hybridized carbons (Fsp3) is 0.480. The van der Waals surface area contributed by atoms with Gasteiger partial charge in [0.05, 0.1) is 10.6 Å². The fourth-order valence-electron chi connectivity index (χ4n) is 6.49. The maximum absolute atomic E-state index is 13.3. The summed E-state index contributed by atoms with van der Waals surface area (Å²) in [4.78, 5) is 13.5. The van der Waals surface area contributed by atoms with Crippen LogP contribution >= 0.6 is 0 Å². The van der Waals surface area contributed by atoms with E-state index < -0.39 is 10.0 Å². The molecule has 4 fully saturated rings. The Labute approximate surface area is 184 Å². The summed E-state index contributed by atoms with van der Waals surface area (Å²) in [6, 6.07) is 12.0. The maximum atomic E-state index is 13.3. The van der Waals surface area contributed by atoms with Gasteiger partial charge in [0.25, 0.3) is 15.9 Å². The van der Waals surface area contributed by atoms with E-state index in [2.05, 4.69) is 10.0 Å². The molecule has 0 aromatic heterocycles. The molecule has 4 bridgehead atoms. The van der Waals surface area contributed by atoms with Gasteiger partial charge in [-0.2, -0.15) is 0 Å². The zero-order chi connectivity index (χ0) is 21.8. The van der Waals surface area contributed by atoms with E-state index in [9.17, 15) is 13.2 Å². The Balaban J connectivity index is 1.37. The van der Waals surface area contributed by atoms with Gasteiger partial charge >= 0.3 is 0 Å². The number of benzene rings is 2. The first kappa shape index (κ1) is 20.6. The van der Waals surface area contributed by atoms with Gasteiger partial charge < -0.3 is 5.32 Å². The van der Waals surface area contributed by atoms with E-state index in [4.69, 9.17) is 0 Å². The van der Waals surface area contributed by atoms with Gasteiger partial charge in [0.2, 0.25) is 0 Å². The predicted octanol–water partition coefficient (Wildman–Crippen LogP) is 4.80. The van der Waals surface area contributed by atoms with E-state index in [0.717, 1.165) is 42.6 Å². The molecule has 6 heteroatoms. The van der Waals surface area contributed by atoms with Crippen molar-refractivity contribution in [2.24, 2.45) is 17.8 Å². The van der Waals surface area contributed by atoms with Gasteiger partial charge in [-0.05, 0) is 100.0 Å². The van der Waals surface area contributed by atoms with Crippen molar-refractivity contribution in [3.8, 4) is 0 Å². The summed E-state index contributed by atoms with van der Waals surface area (Å²) in [6.45, 7) is 3.72. The zero-order valence-corrected chi connectivity index (χ0v) is 19.0. The van der Waals surface area contributed by atoms with Crippen LogP contribution < -0.4 is 10.0 Å². The third-order valence-corrected chi connectivity index (χ3v) is 8.95. The molecule has 0 heterocycles. The molecule has 0 spiro atoms. The third-order valence-electron chi connectivity index (χ3n) is 7.57. The number of carbonyl (C=O) groups is 1. The fourth-order valence-corrected chi connectivity index (χ4v) is 7.61. The maximum Gasteiger partial charge on any atom is 0.261 e. The summed E-state index contributed by atoms with van der Waals surface area (Å²) in [5.74, 6) is 2.16. The highest BCUT2D eigenvalue weighted by molar-refractivity contribution is 7.92. The molecule has 0 aliphatic heterocycles. The van der Waals surface area contributed by atoms with E-state index >= 15 is 0 Å². The average molecular weight is 439 g/mol. The lowest BCUT2D eigenvalue weighted by atomic mass is 9.53. The van der Waals surface area contributed by atoms with Gasteiger partial charge in [-0.15, -0.1) is 0 Å². The van der Waals surface area contributed by atoms with Gasteiger partial charge in [-0.1, -0.05) is 23.8 Å². The van der Waals surface area contributed by atoms with Crippen LogP contribution in [0.5, 0.6) is 0 Å². The van der Waals surface area contributed by atoms with Crippen molar-refractivity contribution in [3.63, 3.8) is 0 Å². The second kappa shape index (κ2) is 7.37. The van der Waals surface area contributed by atoms with Gasteiger partial charge in [0, 0.05) is 11.1 Å². The first-order valence-electron chi connectivity index (χ1n) is 11.2. The SMILES string of the molecule is Cc1ccc(S(=O)(=O)Nc2cccc(C(=O)NC34CC5CC(CC(C5)C3)C4)c2C)cc1. The summed E-state index contributed by atoms with van der Waals surface area (Å²) < 4.78 is 28.3. The van der Waals surface area contributed by atoms with Crippen LogP contribution in [0, 0.1) is 31.6 Å². The minimum atomic E-state index is -3.72. The highest BCUT2D eigenvalue weighted by Gasteiger charge is 2.51. The molecule has 0 atom stereocenters. The minimum Gasteiger partial charge on any atom is -0.347 e. The summed E-state index contributed by atoms with van der Waals surface area (Å²) in [5, 5.41) is 3.39. The van der Waals surface area contributed by atoms with E-state index in [1.807, 2.05) is 13.8 Å². The van der Waals surface area contributed by atoms with Crippen molar-refractivity contribution in [1.82, 2.24) is 5.32 Å². The Morgan fingerprint density at radius 1 is 0.903 bits per heavy atom. The molecular formula is C25H30N2O3S. The largest absolute Gasteiger partial charge is 0.347 e. The number of carbonyl (C=O) groups excluding carboxylic acids is 1. The molecule has 4 aliphatic rings. The smallest absolute Gasteiger partial charge is 0.261 e. The average Bonchev–Trinajstić information content (AvgIpc) is 2.68. The minimum absolute atomic E-state index is 0.0737. The molecule has 4 aliphatic carbocycles. The molecule has 2 aromatic rings. The van der Waals surface area contributed by atoms with E-state index in [0.29, 0.717) is 16.8 Å². The Kier molecular flexibility index (Phi) is 4.88. The summed E-state index contributed by atoms with van der Waals surface area (Å²) >= 11 is 0. The molecule has 0 radical (unpaired) electrons. The summed E-state index contributed by atoms with van der Waals surface area (Å²) in [7, 11) is -3.72. The zero-order valence-electron chi connectivity index (χ0n) is 18.1. The first-order chi connectivity index (χ1) is 14.7. The Morgan fingerprint density at radius 3 is 2.06 bits per heavy atom.